The van der Waals surface area contributed by atoms with Crippen molar-refractivity contribution in [2.75, 3.05) is 6.54 Å². The molecule has 1 aliphatic carbocycles. The Kier molecular flexibility index (Phi) is 3.82. The van der Waals surface area contributed by atoms with Crippen molar-refractivity contribution in [3.63, 3.8) is 0 Å². The number of rotatable bonds is 7. The Morgan fingerprint density at radius 1 is 1.53 bits per heavy atom. The van der Waals surface area contributed by atoms with Gasteiger partial charge >= 0.3 is 0 Å². The molecule has 96 valence electrons. The Labute approximate surface area is 104 Å². The highest BCUT2D eigenvalue weighted by atomic mass is 15.3. The number of nitrogens with zero attached hydrogens (tertiary/aromatic N) is 3. The first-order valence-electron chi connectivity index (χ1n) is 6.69. The molecular formula is C13H24N4. The zero-order valence-electron chi connectivity index (χ0n) is 11.2. The van der Waals surface area contributed by atoms with Gasteiger partial charge in [0.15, 0.2) is 0 Å². The van der Waals surface area contributed by atoms with Gasteiger partial charge in [0.05, 0.1) is 0 Å². The SMILES string of the molecule is CCCC(C)(CNC1CC1)Cc1ncnn1C. The standard InChI is InChI=1S/C13H24N4/c1-4-7-13(2,9-14-11-5-6-11)8-12-15-10-16-17(12)3/h10-11,14H,4-9H2,1-3H3. The van der Waals surface area contributed by atoms with E-state index in [1.165, 1.54) is 25.7 Å². The maximum atomic E-state index is 4.35. The van der Waals surface area contributed by atoms with Gasteiger partial charge in [0.1, 0.15) is 12.2 Å². The van der Waals surface area contributed by atoms with Crippen LogP contribution in [-0.2, 0) is 13.5 Å². The Morgan fingerprint density at radius 2 is 2.29 bits per heavy atom. The third kappa shape index (κ3) is 3.53. The molecule has 1 atom stereocenters. The summed E-state index contributed by atoms with van der Waals surface area (Å²) in [6, 6.07) is 0.783. The van der Waals surface area contributed by atoms with Crippen molar-refractivity contribution < 1.29 is 0 Å². The van der Waals surface area contributed by atoms with Crippen molar-refractivity contribution >= 4 is 0 Å². The molecule has 1 saturated carbocycles. The summed E-state index contributed by atoms with van der Waals surface area (Å²) >= 11 is 0. The lowest BCUT2D eigenvalue weighted by molar-refractivity contribution is 0.265. The Bertz CT molecular complexity index is 356. The van der Waals surface area contributed by atoms with E-state index in [4.69, 9.17) is 0 Å². The summed E-state index contributed by atoms with van der Waals surface area (Å²) < 4.78 is 1.89. The zero-order valence-corrected chi connectivity index (χ0v) is 11.2. The molecule has 0 aliphatic heterocycles. The lowest BCUT2D eigenvalue weighted by Crippen LogP contribution is -2.35. The van der Waals surface area contributed by atoms with Crippen LogP contribution in [0.25, 0.3) is 0 Å². The van der Waals surface area contributed by atoms with E-state index in [0.717, 1.165) is 24.8 Å². The largest absolute Gasteiger partial charge is 0.313 e. The van der Waals surface area contributed by atoms with Crippen LogP contribution in [0.2, 0.25) is 0 Å². The zero-order chi connectivity index (χ0) is 12.3. The average Bonchev–Trinajstić information content (AvgIpc) is 3.03. The van der Waals surface area contributed by atoms with Crippen molar-refractivity contribution in [3.8, 4) is 0 Å². The van der Waals surface area contributed by atoms with Crippen LogP contribution in [0.4, 0.5) is 0 Å². The van der Waals surface area contributed by atoms with E-state index in [1.807, 2.05) is 11.7 Å². The minimum absolute atomic E-state index is 0.304. The highest BCUT2D eigenvalue weighted by Crippen LogP contribution is 2.28. The van der Waals surface area contributed by atoms with E-state index < -0.39 is 0 Å². The van der Waals surface area contributed by atoms with Crippen LogP contribution >= 0.6 is 0 Å². The molecule has 4 nitrogen and oxygen atoms in total. The number of hydrogen-bond acceptors (Lipinski definition) is 3. The minimum Gasteiger partial charge on any atom is -0.313 e. The molecule has 0 amide bonds. The predicted octanol–water partition coefficient (Wildman–Crippen LogP) is 1.92. The van der Waals surface area contributed by atoms with Gasteiger partial charge in [0.25, 0.3) is 0 Å². The fourth-order valence-electron chi connectivity index (χ4n) is 2.38. The Hall–Kier alpha value is -0.900. The van der Waals surface area contributed by atoms with Crippen LogP contribution in [0.15, 0.2) is 6.33 Å². The summed E-state index contributed by atoms with van der Waals surface area (Å²) in [5.41, 5.74) is 0.304. The van der Waals surface area contributed by atoms with E-state index in [2.05, 4.69) is 29.2 Å². The Balaban J connectivity index is 1.96. The lowest BCUT2D eigenvalue weighted by atomic mass is 9.82. The topological polar surface area (TPSA) is 42.7 Å². The fourth-order valence-corrected chi connectivity index (χ4v) is 2.38. The van der Waals surface area contributed by atoms with E-state index in [9.17, 15) is 0 Å². The quantitative estimate of drug-likeness (QED) is 0.786. The van der Waals surface area contributed by atoms with Crippen LogP contribution in [0.5, 0.6) is 0 Å². The number of aromatic nitrogens is 3. The van der Waals surface area contributed by atoms with Crippen LogP contribution in [0.1, 0.15) is 45.4 Å². The third-order valence-electron chi connectivity index (χ3n) is 3.64. The second kappa shape index (κ2) is 5.17. The van der Waals surface area contributed by atoms with Crippen LogP contribution < -0.4 is 5.32 Å². The summed E-state index contributed by atoms with van der Waals surface area (Å²) in [6.07, 6.45) is 7.83. The van der Waals surface area contributed by atoms with Gasteiger partial charge in [-0.25, -0.2) is 4.98 Å². The molecule has 4 heteroatoms. The molecular weight excluding hydrogens is 212 g/mol. The van der Waals surface area contributed by atoms with Crippen LogP contribution in [0, 0.1) is 5.41 Å². The molecule has 0 aromatic carbocycles. The van der Waals surface area contributed by atoms with Gasteiger partial charge in [0.2, 0.25) is 0 Å². The first-order chi connectivity index (χ1) is 8.13. The molecule has 0 saturated heterocycles. The molecule has 0 spiro atoms. The molecule has 0 bridgehead atoms. The van der Waals surface area contributed by atoms with Crippen molar-refractivity contribution in [2.45, 2.75) is 52.0 Å². The molecule has 1 aliphatic rings. The van der Waals surface area contributed by atoms with Crippen molar-refractivity contribution in [1.82, 2.24) is 20.1 Å². The number of nitrogens with one attached hydrogen (secondary N) is 1. The van der Waals surface area contributed by atoms with Gasteiger partial charge in [-0.05, 0) is 24.7 Å². The molecule has 0 radical (unpaired) electrons. The van der Waals surface area contributed by atoms with Gasteiger partial charge in [0, 0.05) is 26.1 Å². The maximum absolute atomic E-state index is 4.35. The monoisotopic (exact) mass is 236 g/mol. The summed E-state index contributed by atoms with van der Waals surface area (Å²) in [5, 5.41) is 7.81. The average molecular weight is 236 g/mol. The lowest BCUT2D eigenvalue weighted by Gasteiger charge is -2.29. The normalized spacial score (nSPS) is 19.2. The van der Waals surface area contributed by atoms with E-state index >= 15 is 0 Å². The van der Waals surface area contributed by atoms with Crippen LogP contribution in [0.3, 0.4) is 0 Å². The molecule has 17 heavy (non-hydrogen) atoms. The van der Waals surface area contributed by atoms with Gasteiger partial charge in [-0.1, -0.05) is 20.3 Å². The van der Waals surface area contributed by atoms with Crippen molar-refractivity contribution in [1.29, 1.82) is 0 Å². The second-order valence-electron chi connectivity index (χ2n) is 5.69. The highest BCUT2D eigenvalue weighted by molar-refractivity contribution is 4.94. The fraction of sp³-hybridized carbons (Fsp3) is 0.846. The van der Waals surface area contributed by atoms with E-state index in [-0.39, 0.29) is 0 Å². The van der Waals surface area contributed by atoms with Crippen LogP contribution in [-0.4, -0.2) is 27.4 Å². The van der Waals surface area contributed by atoms with E-state index in [1.54, 1.807) is 6.33 Å². The summed E-state index contributed by atoms with van der Waals surface area (Å²) in [7, 11) is 1.98. The summed E-state index contributed by atoms with van der Waals surface area (Å²) in [6.45, 7) is 5.71. The minimum atomic E-state index is 0.304. The van der Waals surface area contributed by atoms with Gasteiger partial charge in [-0.2, -0.15) is 5.10 Å². The number of hydrogen-bond donors (Lipinski definition) is 1. The Morgan fingerprint density at radius 3 is 2.82 bits per heavy atom. The molecule has 1 unspecified atom stereocenters. The van der Waals surface area contributed by atoms with E-state index in [0.29, 0.717) is 5.41 Å². The first-order valence-corrected chi connectivity index (χ1v) is 6.69. The van der Waals surface area contributed by atoms with Crippen molar-refractivity contribution in [3.05, 3.63) is 12.2 Å². The first kappa shape index (κ1) is 12.6. The summed E-state index contributed by atoms with van der Waals surface area (Å²) in [4.78, 5) is 4.35. The summed E-state index contributed by atoms with van der Waals surface area (Å²) in [5.74, 6) is 1.10. The second-order valence-corrected chi connectivity index (χ2v) is 5.69. The number of aryl methyl sites for hydroxylation is 1. The molecule has 1 heterocycles. The third-order valence-corrected chi connectivity index (χ3v) is 3.64. The molecule has 2 rings (SSSR count). The molecule has 1 aromatic heterocycles. The highest BCUT2D eigenvalue weighted by Gasteiger charge is 2.29. The van der Waals surface area contributed by atoms with Crippen molar-refractivity contribution in [2.24, 2.45) is 12.5 Å². The molecule has 1 fully saturated rings. The van der Waals surface area contributed by atoms with Gasteiger partial charge in [-0.15, -0.1) is 0 Å². The smallest absolute Gasteiger partial charge is 0.138 e. The maximum Gasteiger partial charge on any atom is 0.138 e. The molecule has 1 aromatic rings. The van der Waals surface area contributed by atoms with Gasteiger partial charge < -0.3 is 5.32 Å². The van der Waals surface area contributed by atoms with Gasteiger partial charge in [-0.3, -0.25) is 4.68 Å². The predicted molar refractivity (Wildman–Crippen MR) is 68.7 cm³/mol. The molecule has 1 N–H and O–H groups in total.